The van der Waals surface area contributed by atoms with Crippen molar-refractivity contribution in [2.75, 3.05) is 79.9 Å². The molecule has 698 valence electrons. The number of methoxy groups -OCH3 is 2. The lowest BCUT2D eigenvalue weighted by molar-refractivity contribution is -0.378. The van der Waals surface area contributed by atoms with E-state index in [1.165, 1.54) is 52.1 Å². The molecule has 30 heteroatoms. The molecular weight excluding hydrogens is 1680 g/mol. The minimum atomic E-state index is -4.54. The zero-order valence-electron chi connectivity index (χ0n) is 76.5. The third-order valence-electron chi connectivity index (χ3n) is 23.7. The normalized spacial score (nSPS) is 19.6. The number of benzene rings is 8. The number of likely N-dealkylation sites (N-methyl/N-ethyl adjacent to an activating group) is 2. The van der Waals surface area contributed by atoms with Crippen molar-refractivity contribution in [1.29, 1.82) is 0 Å². The van der Waals surface area contributed by atoms with E-state index in [0.717, 1.165) is 127 Å². The monoisotopic (exact) mass is 1810 g/mol. The van der Waals surface area contributed by atoms with Gasteiger partial charge in [-0.3, -0.25) is 38.7 Å². The standard InChI is InChI=1S/C26H27NO6S.C17H27NO5S.C16H25NO3.C14H23NO4S.C14H21NO2.C10H13NO/c28-25(29)12-2-1-7-17-27-18-19-8-3-4-9-22(19)23-10-5-6-11-24(23)26(27)33-20-13-15-21(16-14-20)34(30,31)32;1-3-4-5-10-16(23-24(20,21)22)13(2)18-12-11-14-8-6-7-9-15(14)17(18)19;1-7-20-15-11-8-13(18-5)14(19-6)9-12(11)16(2,3)10-17(15)4;1-14(2,3)15(10-7-11-20(17,18)19)13(16)12-8-5-4-6-9-12;1-13(2,3)15-10-9-11-7-5-6-8-12(11)14(15,4)17-16;1-11-7-6-8-4-2-3-5-9(8)10(11)12/h3-6,8-11,13-16,26H,1-2,7,12,17-18H2,(H,28,29)(H,30,31,32);6-9,13,16-17,19H,3-5,10-12H2,1-2H3,(H,20,21,22);8-9,15H,7,10H2,1-6H3;4-6,8-9,13,16H,7,10-11H2,1-3H3,(H,17,18,19);5-8,16H,9-10H2,1-4H3;2-5,10,12H,6-7H2,1H3/p-2. The van der Waals surface area contributed by atoms with Gasteiger partial charge >= 0.3 is 16.4 Å². The number of aliphatic hydroxyl groups excluding tert-OH is 3. The summed E-state index contributed by atoms with van der Waals surface area (Å²) in [6, 6.07) is 58.6. The number of hydrogen-bond donors (Lipinski definition) is 6. The third kappa shape index (κ3) is 29.4. The number of carboxylic acids is 1. The summed E-state index contributed by atoms with van der Waals surface area (Å²) in [5, 5.41) is 49.2. The molecule has 127 heavy (non-hydrogen) atoms. The Morgan fingerprint density at radius 3 is 1.72 bits per heavy atom. The fraction of sp³-hybridized carbons (Fsp3) is 0.495. The fourth-order valence-corrected chi connectivity index (χ4v) is 18.8. The van der Waals surface area contributed by atoms with Crippen LogP contribution < -0.4 is 14.2 Å². The second-order valence-electron chi connectivity index (χ2n) is 35.4. The van der Waals surface area contributed by atoms with Crippen molar-refractivity contribution in [1.82, 2.24) is 29.4 Å². The van der Waals surface area contributed by atoms with Gasteiger partial charge in [0.15, 0.2) is 23.5 Å². The second-order valence-corrected chi connectivity index (χ2v) is 39.4. The van der Waals surface area contributed by atoms with Crippen molar-refractivity contribution in [3.8, 4) is 28.4 Å². The quantitative estimate of drug-likeness (QED) is 0.00872. The molecule has 5 aliphatic rings. The van der Waals surface area contributed by atoms with Crippen LogP contribution in [-0.4, -0.2) is 203 Å². The molecule has 0 bridgehead atoms. The van der Waals surface area contributed by atoms with E-state index in [-0.39, 0.29) is 46.5 Å². The molecule has 0 spiro atoms. The molecule has 0 saturated heterocycles. The highest BCUT2D eigenvalue weighted by Gasteiger charge is 2.46. The first-order valence-corrected chi connectivity index (χ1v) is 47.9. The Morgan fingerprint density at radius 2 is 1.16 bits per heavy atom. The molecule has 0 fully saturated rings. The largest absolute Gasteiger partial charge is 0.748 e. The Balaban J connectivity index is 0.000000194. The number of carboxylic acid groups (broad SMARTS) is 1. The van der Waals surface area contributed by atoms with E-state index in [1.54, 1.807) is 19.1 Å². The van der Waals surface area contributed by atoms with E-state index in [9.17, 15) is 59.7 Å². The first-order valence-electron chi connectivity index (χ1n) is 43.6. The lowest BCUT2D eigenvalue weighted by atomic mass is 9.77. The van der Waals surface area contributed by atoms with E-state index >= 15 is 0 Å². The maximum atomic E-state index is 11.3. The molecule has 8 aromatic rings. The van der Waals surface area contributed by atoms with E-state index < -0.39 is 79.1 Å². The van der Waals surface area contributed by atoms with Crippen molar-refractivity contribution in [2.45, 2.75) is 237 Å². The minimum Gasteiger partial charge on any atom is -0.748 e. The van der Waals surface area contributed by atoms with Crippen molar-refractivity contribution in [3.05, 3.63) is 249 Å². The van der Waals surface area contributed by atoms with Crippen LogP contribution >= 0.6 is 0 Å². The molecule has 8 unspecified atom stereocenters. The van der Waals surface area contributed by atoms with Crippen molar-refractivity contribution < 1.29 is 97.4 Å². The highest BCUT2D eigenvalue weighted by molar-refractivity contribution is 7.86. The highest BCUT2D eigenvalue weighted by atomic mass is 32.3. The number of nitrogens with zero attached hydrogens (tertiary/aromatic N) is 6. The van der Waals surface area contributed by atoms with Crippen LogP contribution in [0, 0.1) is 0 Å². The number of fused-ring (bicyclic) bond motifs is 7. The maximum absolute atomic E-state index is 11.3. The van der Waals surface area contributed by atoms with Gasteiger partial charge in [0.25, 0.3) is 0 Å². The topological polar surface area (TPSA) is 362 Å². The number of aliphatic hydroxyl groups is 3. The lowest BCUT2D eigenvalue weighted by Gasteiger charge is -2.50. The van der Waals surface area contributed by atoms with Crippen molar-refractivity contribution >= 4 is 36.6 Å². The van der Waals surface area contributed by atoms with Gasteiger partial charge in [0.1, 0.15) is 40.8 Å². The number of rotatable bonds is 28. The highest BCUT2D eigenvalue weighted by Crippen LogP contribution is 2.46. The van der Waals surface area contributed by atoms with Gasteiger partial charge in [-0.25, -0.2) is 31.2 Å². The number of ether oxygens (including phenoxy) is 4. The molecule has 8 atom stereocenters. The van der Waals surface area contributed by atoms with Crippen LogP contribution in [0.25, 0.3) is 11.1 Å². The molecule has 0 radical (unpaired) electrons. The molecule has 0 aliphatic carbocycles. The Kier molecular flexibility index (Phi) is 38.6. The summed E-state index contributed by atoms with van der Waals surface area (Å²) in [5.41, 5.74) is 13.0. The zero-order chi connectivity index (χ0) is 93.4. The van der Waals surface area contributed by atoms with Gasteiger partial charge in [0.2, 0.25) is 0 Å². The summed E-state index contributed by atoms with van der Waals surface area (Å²) in [6.07, 6.45) is 5.48. The Labute approximate surface area is 753 Å². The van der Waals surface area contributed by atoms with E-state index in [4.69, 9.17) is 37.7 Å². The van der Waals surface area contributed by atoms with Crippen LogP contribution in [0.1, 0.15) is 233 Å². The van der Waals surface area contributed by atoms with Gasteiger partial charge in [-0.05, 0) is 213 Å². The average molecular weight is 1820 g/mol. The van der Waals surface area contributed by atoms with Crippen LogP contribution in [0.2, 0.25) is 0 Å². The average Bonchev–Trinajstić information content (AvgIpc) is 1.53. The fourth-order valence-electron chi connectivity index (χ4n) is 17.3. The van der Waals surface area contributed by atoms with E-state index in [2.05, 4.69) is 99.7 Å². The maximum Gasteiger partial charge on any atom is 0.397 e. The summed E-state index contributed by atoms with van der Waals surface area (Å²) in [6.45, 7) is 30.3. The molecular formula is C97H134N6O21S3-2. The van der Waals surface area contributed by atoms with Crippen molar-refractivity contribution in [2.24, 2.45) is 0 Å². The smallest absolute Gasteiger partial charge is 0.397 e. The molecule has 5 aliphatic heterocycles. The molecule has 6 N–H and O–H groups in total. The van der Waals surface area contributed by atoms with Crippen LogP contribution in [0.3, 0.4) is 0 Å². The minimum absolute atomic E-state index is 0.0252. The van der Waals surface area contributed by atoms with Crippen LogP contribution in [0.4, 0.5) is 0 Å². The number of unbranched alkanes of at least 4 members (excludes halogenated alkanes) is 4. The van der Waals surface area contributed by atoms with Gasteiger partial charge in [-0.15, -0.1) is 0 Å². The van der Waals surface area contributed by atoms with Gasteiger partial charge < -0.3 is 48.5 Å². The number of carbonyl (C=O) groups is 1. The molecule has 13 rings (SSSR count). The van der Waals surface area contributed by atoms with Gasteiger partial charge in [0, 0.05) is 104 Å². The Morgan fingerprint density at radius 1 is 0.606 bits per heavy atom. The second kappa shape index (κ2) is 47.1. The third-order valence-corrected chi connectivity index (χ3v) is 25.8. The molecule has 5 heterocycles. The van der Waals surface area contributed by atoms with Gasteiger partial charge in [-0.2, -0.15) is 8.42 Å². The molecule has 27 nitrogen and oxygen atoms in total. The summed E-state index contributed by atoms with van der Waals surface area (Å²) in [5.74, 6) is 0.777. The van der Waals surface area contributed by atoms with Crippen LogP contribution in [0.5, 0.6) is 17.2 Å². The van der Waals surface area contributed by atoms with Gasteiger partial charge in [-0.1, -0.05) is 198 Å². The molecule has 0 saturated carbocycles. The number of hydrogen-bond acceptors (Lipinski definition) is 25. The van der Waals surface area contributed by atoms with Crippen molar-refractivity contribution in [3.63, 3.8) is 0 Å². The molecule has 8 aromatic carbocycles. The van der Waals surface area contributed by atoms with E-state index in [0.29, 0.717) is 51.4 Å². The Bertz CT molecular complexity index is 5150. The van der Waals surface area contributed by atoms with Gasteiger partial charge in [0.05, 0.1) is 35.3 Å². The molecule has 0 aromatic heterocycles. The first kappa shape index (κ1) is 104. The van der Waals surface area contributed by atoms with Crippen LogP contribution in [0.15, 0.2) is 193 Å². The summed E-state index contributed by atoms with van der Waals surface area (Å²) in [4.78, 5) is 27.6. The predicted molar refractivity (Wildman–Crippen MR) is 490 cm³/mol. The molecule has 0 amide bonds. The predicted octanol–water partition coefficient (Wildman–Crippen LogP) is 16.3. The van der Waals surface area contributed by atoms with E-state index in [1.807, 2.05) is 186 Å². The lowest BCUT2D eigenvalue weighted by Crippen LogP contribution is -2.57. The summed E-state index contributed by atoms with van der Waals surface area (Å²) in [7, 11) is -5.90. The number of aliphatic carboxylic acids is 1. The first-order chi connectivity index (χ1) is 59.9. The summed E-state index contributed by atoms with van der Waals surface area (Å²) < 4.78 is 125. The SMILES string of the molecule is CC(C)(C)N(CCCS(=O)(=O)[O-])C(O)c1ccccc1.CC(C)(C)N1CCc2ccccc2C1(C)OO.CCCCCC(OS(=O)(=O)O)C(C)N1CCc2ccccc2C1O.CCOC1c2cc(OC)c(OC)cc2C(C)(C)CN1C.CN1CCc2ccccc2C1O.O=C(O)CCCCCN1Cc2ccccc2-c2ccccc2C1Oc1ccc(S(=O)(=O)[O-])cc1. The summed E-state index contributed by atoms with van der Waals surface area (Å²) >= 11 is 0. The van der Waals surface area contributed by atoms with Crippen LogP contribution in [-0.2, 0) is 86.2 Å². The Hall–Kier alpha value is -8.16. The zero-order valence-corrected chi connectivity index (χ0v) is 79.0.